The zero-order valence-electron chi connectivity index (χ0n) is 17.7. The van der Waals surface area contributed by atoms with Crippen molar-refractivity contribution in [3.05, 3.63) is 51.9 Å². The number of nitrogens with zero attached hydrogens (tertiary/aromatic N) is 3. The van der Waals surface area contributed by atoms with Crippen molar-refractivity contribution in [1.82, 2.24) is 20.1 Å². The van der Waals surface area contributed by atoms with Gasteiger partial charge in [0.2, 0.25) is 0 Å². The van der Waals surface area contributed by atoms with Gasteiger partial charge in [-0.2, -0.15) is 18.3 Å². The van der Waals surface area contributed by atoms with Gasteiger partial charge < -0.3 is 10.6 Å². The Morgan fingerprint density at radius 3 is 2.73 bits per heavy atom. The van der Waals surface area contributed by atoms with Gasteiger partial charge >= 0.3 is 6.18 Å². The van der Waals surface area contributed by atoms with E-state index in [0.29, 0.717) is 34.6 Å². The molecule has 33 heavy (non-hydrogen) atoms. The van der Waals surface area contributed by atoms with E-state index in [1.165, 1.54) is 16.8 Å². The third-order valence-electron chi connectivity index (χ3n) is 5.78. The van der Waals surface area contributed by atoms with E-state index >= 15 is 0 Å². The number of nitrogens with one attached hydrogen (secondary N) is 2. The van der Waals surface area contributed by atoms with Crippen LogP contribution in [0.25, 0.3) is 10.9 Å². The van der Waals surface area contributed by atoms with Crippen LogP contribution in [0.15, 0.2) is 30.5 Å². The maximum atomic E-state index is 13.4. The van der Waals surface area contributed by atoms with Crippen LogP contribution in [-0.4, -0.2) is 33.3 Å². The lowest BCUT2D eigenvalue weighted by Gasteiger charge is -2.31. The van der Waals surface area contributed by atoms with E-state index in [9.17, 15) is 18.0 Å². The van der Waals surface area contributed by atoms with Gasteiger partial charge in [0.1, 0.15) is 5.69 Å². The van der Waals surface area contributed by atoms with Gasteiger partial charge in [-0.3, -0.25) is 9.48 Å². The number of benzene rings is 1. The fourth-order valence-electron chi connectivity index (χ4n) is 4.24. The highest BCUT2D eigenvalue weighted by molar-refractivity contribution is 6.32. The normalized spacial score (nSPS) is 19.0. The van der Waals surface area contributed by atoms with E-state index in [2.05, 4.69) is 20.7 Å². The number of fused-ring (bicyclic) bond motifs is 1. The molecule has 0 spiro atoms. The summed E-state index contributed by atoms with van der Waals surface area (Å²) in [5, 5.41) is 11.2. The molecule has 0 radical (unpaired) electrons. The number of hydrogen-bond donors (Lipinski definition) is 2. The highest BCUT2D eigenvalue weighted by Gasteiger charge is 2.34. The molecule has 176 valence electrons. The van der Waals surface area contributed by atoms with Gasteiger partial charge in [-0.05, 0) is 49.4 Å². The second-order valence-electron chi connectivity index (χ2n) is 8.31. The average molecular weight is 500 g/mol. The summed E-state index contributed by atoms with van der Waals surface area (Å²) in [6, 6.07) is 5.61. The number of carbonyl (C=O) groups is 1. The molecular weight excluding hydrogens is 478 g/mol. The number of pyridine rings is 1. The van der Waals surface area contributed by atoms with Crippen molar-refractivity contribution < 1.29 is 18.0 Å². The lowest BCUT2D eigenvalue weighted by Crippen LogP contribution is -2.35. The van der Waals surface area contributed by atoms with Crippen LogP contribution in [0.3, 0.4) is 0 Å². The first-order chi connectivity index (χ1) is 15.6. The van der Waals surface area contributed by atoms with Crippen LogP contribution in [0.4, 0.5) is 18.9 Å². The highest BCUT2D eigenvalue weighted by atomic mass is 35.5. The molecule has 4 rings (SSSR count). The number of aryl methyl sites for hydroxylation is 1. The third kappa shape index (κ3) is 5.52. The molecule has 0 bridgehead atoms. The minimum atomic E-state index is -4.56. The molecule has 2 atom stereocenters. The monoisotopic (exact) mass is 499 g/mol. The molecule has 1 unspecified atom stereocenters. The Balaban J connectivity index is 1.47. The molecule has 1 saturated carbocycles. The average Bonchev–Trinajstić information content (AvgIpc) is 3.10. The Morgan fingerprint density at radius 2 is 2.03 bits per heavy atom. The first-order valence-corrected chi connectivity index (χ1v) is 11.3. The Morgan fingerprint density at radius 1 is 1.24 bits per heavy atom. The summed E-state index contributed by atoms with van der Waals surface area (Å²) in [5.41, 5.74) is -0.0615. The fourth-order valence-corrected chi connectivity index (χ4v) is 4.66. The van der Waals surface area contributed by atoms with Gasteiger partial charge in [0.15, 0.2) is 5.15 Å². The third-order valence-corrected chi connectivity index (χ3v) is 6.30. The number of rotatable bonds is 5. The summed E-state index contributed by atoms with van der Waals surface area (Å²) in [6.45, 7) is 0.443. The molecule has 6 nitrogen and oxygen atoms in total. The SMILES string of the molecule is Cn1cc(C(=O)NCC2CCC[C@H](Nc3cc(C(F)(F)F)nc4ccc(Cl)cc34)C2)c(Cl)n1. The first kappa shape index (κ1) is 23.6. The number of alkyl halides is 3. The van der Waals surface area contributed by atoms with E-state index in [4.69, 9.17) is 23.2 Å². The van der Waals surface area contributed by atoms with E-state index in [-0.39, 0.29) is 28.5 Å². The number of amides is 1. The van der Waals surface area contributed by atoms with E-state index in [1.54, 1.807) is 19.3 Å². The number of carbonyl (C=O) groups excluding carboxylic acids is 1. The van der Waals surface area contributed by atoms with Crippen molar-refractivity contribution >= 4 is 45.7 Å². The molecule has 1 amide bonds. The van der Waals surface area contributed by atoms with E-state index in [0.717, 1.165) is 25.3 Å². The van der Waals surface area contributed by atoms with Crippen LogP contribution >= 0.6 is 23.2 Å². The smallest absolute Gasteiger partial charge is 0.382 e. The summed E-state index contributed by atoms with van der Waals surface area (Å²) in [6.07, 6.45) is 0.313. The van der Waals surface area contributed by atoms with Gasteiger partial charge in [-0.25, -0.2) is 4.98 Å². The second-order valence-corrected chi connectivity index (χ2v) is 9.10. The van der Waals surface area contributed by atoms with Crippen molar-refractivity contribution in [2.45, 2.75) is 37.9 Å². The molecular formula is C22H22Cl2F3N5O. The predicted molar refractivity (Wildman–Crippen MR) is 122 cm³/mol. The molecule has 1 fully saturated rings. The van der Waals surface area contributed by atoms with E-state index in [1.807, 2.05) is 0 Å². The Labute approximate surface area is 198 Å². The Bertz CT molecular complexity index is 1180. The van der Waals surface area contributed by atoms with Crippen molar-refractivity contribution in [3.63, 3.8) is 0 Å². The minimum Gasteiger partial charge on any atom is -0.382 e. The van der Waals surface area contributed by atoms with Crippen LogP contribution in [0.2, 0.25) is 10.2 Å². The zero-order valence-corrected chi connectivity index (χ0v) is 19.2. The molecule has 1 aliphatic carbocycles. The van der Waals surface area contributed by atoms with Crippen LogP contribution in [0, 0.1) is 5.92 Å². The van der Waals surface area contributed by atoms with Crippen molar-refractivity contribution in [3.8, 4) is 0 Å². The molecule has 3 aromatic rings. The van der Waals surface area contributed by atoms with E-state index < -0.39 is 11.9 Å². The minimum absolute atomic E-state index is 0.0479. The standard InChI is InChI=1S/C22H22Cl2F3N5O/c1-32-11-16(20(24)31-32)21(33)28-10-12-3-2-4-14(7-12)29-18-9-19(22(25,26)27)30-17-6-5-13(23)8-15(17)18/h5-6,8-9,11-12,14H,2-4,7,10H2,1H3,(H,28,33)(H,29,30)/t12?,14-/m0/s1. The van der Waals surface area contributed by atoms with Gasteiger partial charge in [0, 0.05) is 41.9 Å². The Kier molecular flexibility index (Phi) is 6.72. The quantitative estimate of drug-likeness (QED) is 0.472. The second kappa shape index (κ2) is 9.38. The maximum Gasteiger partial charge on any atom is 0.433 e. The highest BCUT2D eigenvalue weighted by Crippen LogP contribution is 2.35. The summed E-state index contributed by atoms with van der Waals surface area (Å²) in [4.78, 5) is 16.2. The molecule has 2 aromatic heterocycles. The largest absolute Gasteiger partial charge is 0.433 e. The van der Waals surface area contributed by atoms with Crippen molar-refractivity contribution in [2.75, 3.05) is 11.9 Å². The van der Waals surface area contributed by atoms with Crippen molar-refractivity contribution in [1.29, 1.82) is 0 Å². The van der Waals surface area contributed by atoms with Crippen LogP contribution in [0.5, 0.6) is 0 Å². The molecule has 0 aliphatic heterocycles. The van der Waals surface area contributed by atoms with Crippen LogP contribution in [0.1, 0.15) is 41.7 Å². The first-order valence-electron chi connectivity index (χ1n) is 10.5. The lowest BCUT2D eigenvalue weighted by atomic mass is 9.85. The van der Waals surface area contributed by atoms with Gasteiger partial charge in [-0.1, -0.05) is 29.6 Å². The number of halogens is 5. The predicted octanol–water partition coefficient (Wildman–Crippen LogP) is 5.69. The lowest BCUT2D eigenvalue weighted by molar-refractivity contribution is -0.140. The zero-order chi connectivity index (χ0) is 23.8. The summed E-state index contributed by atoms with van der Waals surface area (Å²) < 4.78 is 41.6. The number of anilines is 1. The molecule has 0 saturated heterocycles. The maximum absolute atomic E-state index is 13.4. The van der Waals surface area contributed by atoms with Crippen molar-refractivity contribution in [2.24, 2.45) is 13.0 Å². The number of aromatic nitrogens is 3. The summed E-state index contributed by atoms with van der Waals surface area (Å²) in [7, 11) is 1.68. The molecule has 1 aliphatic rings. The fraction of sp³-hybridized carbons (Fsp3) is 0.409. The van der Waals surface area contributed by atoms with Gasteiger partial charge in [0.25, 0.3) is 5.91 Å². The summed E-state index contributed by atoms with van der Waals surface area (Å²) in [5.74, 6) is -0.123. The Hall–Kier alpha value is -2.52. The van der Waals surface area contributed by atoms with Gasteiger partial charge in [-0.15, -0.1) is 0 Å². The summed E-state index contributed by atoms with van der Waals surface area (Å²) >= 11 is 12.1. The van der Waals surface area contributed by atoms with Gasteiger partial charge in [0.05, 0.1) is 11.1 Å². The van der Waals surface area contributed by atoms with Crippen LogP contribution in [-0.2, 0) is 13.2 Å². The molecule has 2 heterocycles. The number of hydrogen-bond acceptors (Lipinski definition) is 4. The van der Waals surface area contributed by atoms with Crippen LogP contribution < -0.4 is 10.6 Å². The molecule has 1 aromatic carbocycles. The topological polar surface area (TPSA) is 71.8 Å². The molecule has 2 N–H and O–H groups in total. The molecule has 11 heteroatoms.